The molecule has 11 heteroatoms. The lowest BCUT2D eigenvalue weighted by Gasteiger charge is -2.36. The molecule has 2 atom stereocenters. The molecule has 1 saturated carbocycles. The van der Waals surface area contributed by atoms with Crippen LogP contribution in [0.25, 0.3) is 11.0 Å². The number of nitrogens with one attached hydrogen (secondary N) is 2. The molecule has 0 aromatic carbocycles. The van der Waals surface area contributed by atoms with Crippen molar-refractivity contribution >= 4 is 34.6 Å². The molecule has 0 bridgehead atoms. The molecular formula is C20H24N6O5. The summed E-state index contributed by atoms with van der Waals surface area (Å²) in [4.78, 5) is 67.5. The van der Waals surface area contributed by atoms with Crippen LogP contribution in [-0.2, 0) is 23.7 Å². The Kier molecular flexibility index (Phi) is 4.91. The lowest BCUT2D eigenvalue weighted by Crippen LogP contribution is -2.54. The average Bonchev–Trinajstić information content (AvgIpc) is 2.97. The summed E-state index contributed by atoms with van der Waals surface area (Å²) < 4.78 is 2.19. The van der Waals surface area contributed by atoms with Crippen LogP contribution in [0.15, 0.2) is 21.9 Å². The Morgan fingerprint density at radius 1 is 1.23 bits per heavy atom. The first kappa shape index (κ1) is 20.8. The maximum atomic E-state index is 13.0. The number of aryl methyl sites for hydroxylation is 1. The van der Waals surface area contributed by atoms with Gasteiger partial charge in [0, 0.05) is 14.1 Å². The molecule has 0 radical (unpaired) electrons. The minimum absolute atomic E-state index is 0.00157. The first-order valence-electron chi connectivity index (χ1n) is 10.2. The zero-order valence-electron chi connectivity index (χ0n) is 17.6. The first-order valence-corrected chi connectivity index (χ1v) is 10.2. The number of rotatable bonds is 3. The minimum atomic E-state index is -0.933. The Balaban J connectivity index is 1.55. The van der Waals surface area contributed by atoms with Gasteiger partial charge in [-0.25, -0.2) is 14.6 Å². The van der Waals surface area contributed by atoms with E-state index in [2.05, 4.69) is 15.6 Å². The van der Waals surface area contributed by atoms with E-state index < -0.39 is 35.3 Å². The standard InChI is InChI=1S/C20H24N6O5/c1-11-6-4-5-7-20(11)17(29)26(18(30)23-20)10-14(27)22-12-8-13-15(21-9-12)24(2)19(31)25(3)16(13)28/h8-9,11H,4-7,10H2,1-3H3,(H,22,27)(H,23,30). The number of carbonyl (C=O) groups excluding carboxylic acids is 3. The number of hydrogen-bond donors (Lipinski definition) is 2. The fourth-order valence-corrected chi connectivity index (χ4v) is 4.52. The summed E-state index contributed by atoms with van der Waals surface area (Å²) in [5.74, 6) is -0.967. The van der Waals surface area contributed by atoms with Crippen LogP contribution in [0.3, 0.4) is 0 Å². The SMILES string of the molecule is CC1CCCCC12NC(=O)N(CC(=O)Nc1cnc3c(c1)c(=O)n(C)c(=O)n3C)C2=O. The van der Waals surface area contributed by atoms with E-state index in [1.54, 1.807) is 0 Å². The van der Waals surface area contributed by atoms with E-state index in [0.29, 0.717) is 6.42 Å². The normalized spacial score (nSPS) is 23.5. The van der Waals surface area contributed by atoms with Gasteiger partial charge in [-0.15, -0.1) is 0 Å². The summed E-state index contributed by atoms with van der Waals surface area (Å²) in [5, 5.41) is 5.54. The van der Waals surface area contributed by atoms with Crippen LogP contribution >= 0.6 is 0 Å². The van der Waals surface area contributed by atoms with Crippen LogP contribution in [0.4, 0.5) is 10.5 Å². The molecule has 1 saturated heterocycles. The van der Waals surface area contributed by atoms with Gasteiger partial charge in [0.15, 0.2) is 0 Å². The van der Waals surface area contributed by atoms with E-state index in [4.69, 9.17) is 0 Å². The number of urea groups is 1. The third-order valence-electron chi connectivity index (χ3n) is 6.38. The number of nitrogens with zero attached hydrogens (tertiary/aromatic N) is 4. The highest BCUT2D eigenvalue weighted by molar-refractivity contribution is 6.10. The van der Waals surface area contributed by atoms with E-state index >= 15 is 0 Å². The van der Waals surface area contributed by atoms with E-state index in [9.17, 15) is 24.0 Å². The van der Waals surface area contributed by atoms with Gasteiger partial charge in [-0.05, 0) is 24.8 Å². The second-order valence-corrected chi connectivity index (χ2v) is 8.29. The molecule has 1 aliphatic carbocycles. The van der Waals surface area contributed by atoms with Gasteiger partial charge < -0.3 is 10.6 Å². The molecule has 2 unspecified atom stereocenters. The number of carbonyl (C=O) groups is 3. The molecular weight excluding hydrogens is 404 g/mol. The third kappa shape index (κ3) is 3.20. The second kappa shape index (κ2) is 7.33. The van der Waals surface area contributed by atoms with Crippen molar-refractivity contribution in [3.8, 4) is 0 Å². The van der Waals surface area contributed by atoms with Gasteiger partial charge in [-0.3, -0.25) is 28.4 Å². The highest BCUT2D eigenvalue weighted by atomic mass is 16.2. The average molecular weight is 428 g/mol. The van der Waals surface area contributed by atoms with E-state index in [1.165, 1.54) is 30.9 Å². The van der Waals surface area contributed by atoms with Crippen molar-refractivity contribution < 1.29 is 14.4 Å². The molecule has 11 nitrogen and oxygen atoms in total. The highest BCUT2D eigenvalue weighted by Crippen LogP contribution is 2.38. The van der Waals surface area contributed by atoms with Crippen molar-refractivity contribution in [2.45, 2.75) is 38.1 Å². The van der Waals surface area contributed by atoms with E-state index in [-0.39, 0.29) is 28.5 Å². The van der Waals surface area contributed by atoms with Crippen molar-refractivity contribution in [1.29, 1.82) is 0 Å². The quantitative estimate of drug-likeness (QED) is 0.664. The number of hydrogen-bond acceptors (Lipinski definition) is 6. The topological polar surface area (TPSA) is 135 Å². The lowest BCUT2D eigenvalue weighted by molar-refractivity contribution is -0.136. The molecule has 2 aromatic heterocycles. The predicted molar refractivity (Wildman–Crippen MR) is 111 cm³/mol. The van der Waals surface area contributed by atoms with Crippen molar-refractivity contribution in [1.82, 2.24) is 24.3 Å². The fourth-order valence-electron chi connectivity index (χ4n) is 4.52. The first-order chi connectivity index (χ1) is 14.7. The Labute approximate surface area is 177 Å². The fraction of sp³-hybridized carbons (Fsp3) is 0.500. The van der Waals surface area contributed by atoms with Crippen molar-refractivity contribution in [3.63, 3.8) is 0 Å². The zero-order valence-corrected chi connectivity index (χ0v) is 17.6. The van der Waals surface area contributed by atoms with Gasteiger partial charge >= 0.3 is 11.7 Å². The number of amides is 4. The largest absolute Gasteiger partial charge is 0.332 e. The molecule has 164 valence electrons. The summed E-state index contributed by atoms with van der Waals surface area (Å²) >= 11 is 0. The molecule has 1 spiro atoms. The van der Waals surface area contributed by atoms with Crippen molar-refractivity contribution in [3.05, 3.63) is 33.1 Å². The lowest BCUT2D eigenvalue weighted by atomic mass is 9.73. The summed E-state index contributed by atoms with van der Waals surface area (Å²) in [6.07, 6.45) is 4.57. The monoisotopic (exact) mass is 428 g/mol. The summed E-state index contributed by atoms with van der Waals surface area (Å²) in [7, 11) is 2.85. The maximum absolute atomic E-state index is 13.0. The molecule has 2 N–H and O–H groups in total. The minimum Gasteiger partial charge on any atom is -0.323 e. The van der Waals surface area contributed by atoms with Gasteiger partial charge in [0.05, 0.1) is 17.3 Å². The molecule has 3 heterocycles. The number of imide groups is 1. The number of anilines is 1. The van der Waals surface area contributed by atoms with Crippen molar-refractivity contribution in [2.75, 3.05) is 11.9 Å². The van der Waals surface area contributed by atoms with Crippen molar-refractivity contribution in [2.24, 2.45) is 20.0 Å². The highest BCUT2D eigenvalue weighted by Gasteiger charge is 2.55. The van der Waals surface area contributed by atoms with Crippen LogP contribution in [-0.4, -0.2) is 48.9 Å². The zero-order chi connectivity index (χ0) is 22.5. The third-order valence-corrected chi connectivity index (χ3v) is 6.38. The Morgan fingerprint density at radius 3 is 2.68 bits per heavy atom. The summed E-state index contributed by atoms with van der Waals surface area (Å²) in [6, 6.07) is 0.841. The Hall–Kier alpha value is -3.50. The molecule has 4 rings (SSSR count). The van der Waals surface area contributed by atoms with Gasteiger partial charge in [0.1, 0.15) is 17.7 Å². The predicted octanol–water partition coefficient (Wildman–Crippen LogP) is 0.0714. The maximum Gasteiger partial charge on any atom is 0.332 e. The molecule has 2 aliphatic rings. The van der Waals surface area contributed by atoms with Gasteiger partial charge in [0.2, 0.25) is 5.91 Å². The van der Waals surface area contributed by atoms with Crippen LogP contribution < -0.4 is 21.9 Å². The molecule has 2 aromatic rings. The Bertz CT molecular complexity index is 1230. The number of pyridine rings is 1. The molecule has 2 fully saturated rings. The van der Waals surface area contributed by atoms with Gasteiger partial charge in [-0.1, -0.05) is 19.8 Å². The van der Waals surface area contributed by atoms with Crippen LogP contribution in [0, 0.1) is 5.92 Å². The Morgan fingerprint density at radius 2 is 1.97 bits per heavy atom. The summed E-state index contributed by atoms with van der Waals surface area (Å²) in [5.41, 5.74) is -1.57. The van der Waals surface area contributed by atoms with Crippen LogP contribution in [0.5, 0.6) is 0 Å². The smallest absolute Gasteiger partial charge is 0.323 e. The van der Waals surface area contributed by atoms with E-state index in [1.807, 2.05) is 6.92 Å². The number of fused-ring (bicyclic) bond motifs is 1. The van der Waals surface area contributed by atoms with E-state index in [0.717, 1.165) is 28.7 Å². The molecule has 31 heavy (non-hydrogen) atoms. The summed E-state index contributed by atoms with van der Waals surface area (Å²) in [6.45, 7) is 1.50. The number of aromatic nitrogens is 3. The second-order valence-electron chi connectivity index (χ2n) is 8.29. The molecule has 4 amide bonds. The van der Waals surface area contributed by atoms with Crippen LogP contribution in [0.1, 0.15) is 32.6 Å². The van der Waals surface area contributed by atoms with Gasteiger partial charge in [0.25, 0.3) is 11.5 Å². The van der Waals surface area contributed by atoms with Gasteiger partial charge in [-0.2, -0.15) is 0 Å². The molecule has 1 aliphatic heterocycles. The van der Waals surface area contributed by atoms with Crippen LogP contribution in [0.2, 0.25) is 0 Å².